The number of amides is 2. The zero-order valence-corrected chi connectivity index (χ0v) is 11.4. The SMILES string of the molecule is COC(=O)Nc1cccc(NC(=O)c2ccc(N)cc2)c1. The van der Waals surface area contributed by atoms with Crippen LogP contribution < -0.4 is 16.4 Å². The predicted molar refractivity (Wildman–Crippen MR) is 81.3 cm³/mol. The molecule has 0 bridgehead atoms. The van der Waals surface area contributed by atoms with E-state index in [2.05, 4.69) is 15.4 Å². The Hall–Kier alpha value is -3.02. The summed E-state index contributed by atoms with van der Waals surface area (Å²) in [5.41, 5.74) is 7.75. The van der Waals surface area contributed by atoms with Crippen LogP contribution in [0.2, 0.25) is 0 Å². The highest BCUT2D eigenvalue weighted by molar-refractivity contribution is 6.04. The van der Waals surface area contributed by atoms with E-state index in [0.717, 1.165) is 0 Å². The Bertz CT molecular complexity index is 653. The lowest BCUT2D eigenvalue weighted by Gasteiger charge is -2.08. The number of nitrogens with one attached hydrogen (secondary N) is 2. The average molecular weight is 285 g/mol. The highest BCUT2D eigenvalue weighted by atomic mass is 16.5. The lowest BCUT2D eigenvalue weighted by molar-refractivity contribution is 0.102. The van der Waals surface area contributed by atoms with Crippen molar-refractivity contribution in [2.75, 3.05) is 23.5 Å². The van der Waals surface area contributed by atoms with Crippen LogP contribution in [-0.2, 0) is 4.74 Å². The van der Waals surface area contributed by atoms with Crippen LogP contribution in [0, 0.1) is 0 Å². The molecule has 0 fully saturated rings. The minimum atomic E-state index is -0.572. The molecular formula is C15H15N3O3. The fourth-order valence-electron chi connectivity index (χ4n) is 1.68. The molecule has 0 aromatic heterocycles. The molecule has 4 N–H and O–H groups in total. The van der Waals surface area contributed by atoms with Crippen LogP contribution in [0.3, 0.4) is 0 Å². The molecule has 2 aromatic carbocycles. The number of carbonyl (C=O) groups is 2. The van der Waals surface area contributed by atoms with Gasteiger partial charge in [-0.2, -0.15) is 0 Å². The molecular weight excluding hydrogens is 270 g/mol. The van der Waals surface area contributed by atoms with Crippen LogP contribution in [0.4, 0.5) is 21.9 Å². The van der Waals surface area contributed by atoms with Crippen molar-refractivity contribution in [3.63, 3.8) is 0 Å². The third-order valence-electron chi connectivity index (χ3n) is 2.73. The van der Waals surface area contributed by atoms with Crippen LogP contribution in [0.5, 0.6) is 0 Å². The maximum Gasteiger partial charge on any atom is 0.411 e. The summed E-state index contributed by atoms with van der Waals surface area (Å²) in [6.45, 7) is 0. The van der Waals surface area contributed by atoms with Gasteiger partial charge in [-0.3, -0.25) is 10.1 Å². The van der Waals surface area contributed by atoms with Crippen LogP contribution in [0.15, 0.2) is 48.5 Å². The fourth-order valence-corrected chi connectivity index (χ4v) is 1.68. The number of hydrogen-bond acceptors (Lipinski definition) is 4. The molecule has 2 amide bonds. The van der Waals surface area contributed by atoms with Gasteiger partial charge < -0.3 is 15.8 Å². The van der Waals surface area contributed by atoms with Crippen molar-refractivity contribution in [2.24, 2.45) is 0 Å². The van der Waals surface area contributed by atoms with E-state index in [-0.39, 0.29) is 5.91 Å². The van der Waals surface area contributed by atoms with E-state index in [9.17, 15) is 9.59 Å². The van der Waals surface area contributed by atoms with Gasteiger partial charge in [0.05, 0.1) is 7.11 Å². The van der Waals surface area contributed by atoms with Crippen molar-refractivity contribution in [2.45, 2.75) is 0 Å². The van der Waals surface area contributed by atoms with E-state index in [1.807, 2.05) is 0 Å². The molecule has 0 heterocycles. The molecule has 2 aromatic rings. The Labute approximate surface area is 121 Å². The minimum Gasteiger partial charge on any atom is -0.453 e. The zero-order chi connectivity index (χ0) is 15.2. The molecule has 6 heteroatoms. The minimum absolute atomic E-state index is 0.259. The first-order chi connectivity index (χ1) is 10.1. The Balaban J connectivity index is 2.08. The molecule has 0 radical (unpaired) electrons. The quantitative estimate of drug-likeness (QED) is 0.756. The molecule has 0 unspecified atom stereocenters. The summed E-state index contributed by atoms with van der Waals surface area (Å²) < 4.78 is 4.51. The second kappa shape index (κ2) is 6.42. The maximum absolute atomic E-state index is 12.1. The molecule has 0 atom stereocenters. The normalized spacial score (nSPS) is 9.76. The van der Waals surface area contributed by atoms with E-state index in [1.54, 1.807) is 48.5 Å². The van der Waals surface area contributed by atoms with Gasteiger partial charge in [0.1, 0.15) is 0 Å². The van der Waals surface area contributed by atoms with Gasteiger partial charge in [0.25, 0.3) is 5.91 Å². The smallest absolute Gasteiger partial charge is 0.411 e. The summed E-state index contributed by atoms with van der Waals surface area (Å²) in [6, 6.07) is 13.3. The maximum atomic E-state index is 12.1. The lowest BCUT2D eigenvalue weighted by Crippen LogP contribution is -2.13. The first-order valence-electron chi connectivity index (χ1n) is 6.20. The molecule has 0 aliphatic carbocycles. The molecule has 0 saturated heterocycles. The van der Waals surface area contributed by atoms with Gasteiger partial charge in [0.15, 0.2) is 0 Å². The summed E-state index contributed by atoms with van der Waals surface area (Å²) >= 11 is 0. The number of hydrogen-bond donors (Lipinski definition) is 3. The molecule has 2 rings (SSSR count). The third-order valence-corrected chi connectivity index (χ3v) is 2.73. The van der Waals surface area contributed by atoms with E-state index >= 15 is 0 Å². The Kier molecular flexibility index (Phi) is 4.40. The first-order valence-corrected chi connectivity index (χ1v) is 6.20. The van der Waals surface area contributed by atoms with Crippen molar-refractivity contribution in [3.05, 3.63) is 54.1 Å². The van der Waals surface area contributed by atoms with Gasteiger partial charge >= 0.3 is 6.09 Å². The van der Waals surface area contributed by atoms with Crippen molar-refractivity contribution < 1.29 is 14.3 Å². The summed E-state index contributed by atoms with van der Waals surface area (Å²) in [4.78, 5) is 23.2. The van der Waals surface area contributed by atoms with Crippen molar-refractivity contribution in [1.82, 2.24) is 0 Å². The highest BCUT2D eigenvalue weighted by Crippen LogP contribution is 2.16. The van der Waals surface area contributed by atoms with Crippen LogP contribution in [-0.4, -0.2) is 19.1 Å². The summed E-state index contributed by atoms with van der Waals surface area (Å²) in [6.07, 6.45) is -0.572. The molecule has 0 saturated carbocycles. The van der Waals surface area contributed by atoms with Gasteiger partial charge in [-0.05, 0) is 42.5 Å². The number of anilines is 3. The Morgan fingerprint density at radius 3 is 2.24 bits per heavy atom. The van der Waals surface area contributed by atoms with Gasteiger partial charge in [-0.25, -0.2) is 4.79 Å². The number of nitrogens with two attached hydrogens (primary N) is 1. The summed E-state index contributed by atoms with van der Waals surface area (Å²) in [5.74, 6) is -0.259. The van der Waals surface area contributed by atoms with Crippen LogP contribution >= 0.6 is 0 Å². The third kappa shape index (κ3) is 3.97. The number of benzene rings is 2. The average Bonchev–Trinajstić information content (AvgIpc) is 2.48. The second-order valence-corrected chi connectivity index (χ2v) is 4.27. The second-order valence-electron chi connectivity index (χ2n) is 4.27. The monoisotopic (exact) mass is 285 g/mol. The topological polar surface area (TPSA) is 93.5 Å². The summed E-state index contributed by atoms with van der Waals surface area (Å²) in [5, 5.41) is 5.26. The highest BCUT2D eigenvalue weighted by Gasteiger charge is 2.07. The number of methoxy groups -OCH3 is 1. The van der Waals surface area contributed by atoms with Crippen LogP contribution in [0.25, 0.3) is 0 Å². The van der Waals surface area contributed by atoms with E-state index in [0.29, 0.717) is 22.6 Å². The number of ether oxygens (including phenoxy) is 1. The molecule has 0 spiro atoms. The van der Waals surface area contributed by atoms with Gasteiger partial charge in [0, 0.05) is 22.6 Å². The van der Waals surface area contributed by atoms with Crippen molar-refractivity contribution in [1.29, 1.82) is 0 Å². The Morgan fingerprint density at radius 1 is 1.00 bits per heavy atom. The zero-order valence-electron chi connectivity index (χ0n) is 11.4. The number of nitrogen functional groups attached to an aromatic ring is 1. The largest absolute Gasteiger partial charge is 0.453 e. The van der Waals surface area contributed by atoms with Gasteiger partial charge in [0.2, 0.25) is 0 Å². The standard InChI is InChI=1S/C15H15N3O3/c1-21-15(20)18-13-4-2-3-12(9-13)17-14(19)10-5-7-11(16)8-6-10/h2-9H,16H2,1H3,(H,17,19)(H,18,20). The molecule has 0 aliphatic rings. The molecule has 108 valence electrons. The lowest BCUT2D eigenvalue weighted by atomic mass is 10.2. The predicted octanol–water partition coefficient (Wildman–Crippen LogP) is 2.70. The van der Waals surface area contributed by atoms with Crippen molar-refractivity contribution >= 4 is 29.1 Å². The number of carbonyl (C=O) groups excluding carboxylic acids is 2. The fraction of sp³-hybridized carbons (Fsp3) is 0.0667. The number of rotatable bonds is 3. The molecule has 6 nitrogen and oxygen atoms in total. The van der Waals surface area contributed by atoms with Gasteiger partial charge in [-0.15, -0.1) is 0 Å². The van der Waals surface area contributed by atoms with E-state index in [1.165, 1.54) is 7.11 Å². The summed E-state index contributed by atoms with van der Waals surface area (Å²) in [7, 11) is 1.28. The molecule has 21 heavy (non-hydrogen) atoms. The van der Waals surface area contributed by atoms with E-state index < -0.39 is 6.09 Å². The van der Waals surface area contributed by atoms with Crippen LogP contribution in [0.1, 0.15) is 10.4 Å². The molecule has 0 aliphatic heterocycles. The first kappa shape index (κ1) is 14.4. The van der Waals surface area contributed by atoms with Crippen molar-refractivity contribution in [3.8, 4) is 0 Å². The Morgan fingerprint density at radius 2 is 1.62 bits per heavy atom. The van der Waals surface area contributed by atoms with Gasteiger partial charge in [-0.1, -0.05) is 6.07 Å². The van der Waals surface area contributed by atoms with E-state index in [4.69, 9.17) is 5.73 Å².